The zero-order chi connectivity index (χ0) is 16.1. The van der Waals surface area contributed by atoms with E-state index in [0.717, 1.165) is 5.56 Å². The molecule has 0 amide bonds. The van der Waals surface area contributed by atoms with Crippen LogP contribution in [0.15, 0.2) is 24.3 Å². The van der Waals surface area contributed by atoms with Crippen LogP contribution in [0.2, 0.25) is 0 Å². The number of ether oxygens (including phenoxy) is 2. The number of rotatable bonds is 6. The first-order valence-electron chi connectivity index (χ1n) is 7.16. The predicted octanol–water partition coefficient (Wildman–Crippen LogP) is 2.26. The number of aliphatic hydroxyl groups is 1. The van der Waals surface area contributed by atoms with Crippen molar-refractivity contribution in [2.45, 2.75) is 31.2 Å². The molecule has 1 heterocycles. The van der Waals surface area contributed by atoms with E-state index in [0.29, 0.717) is 39.1 Å². The first kappa shape index (κ1) is 17.1. The molecule has 1 saturated heterocycles. The van der Waals surface area contributed by atoms with Gasteiger partial charge in [-0.25, -0.2) is 0 Å². The first-order chi connectivity index (χ1) is 10.4. The molecule has 22 heavy (non-hydrogen) atoms. The van der Waals surface area contributed by atoms with E-state index in [-0.39, 0.29) is 5.75 Å². The smallest absolute Gasteiger partial charge is 0.422 e. The molecule has 124 valence electrons. The summed E-state index contributed by atoms with van der Waals surface area (Å²) in [7, 11) is 0. The molecule has 1 aromatic carbocycles. The van der Waals surface area contributed by atoms with Crippen LogP contribution in [0.25, 0.3) is 0 Å². The number of halogens is 3. The van der Waals surface area contributed by atoms with E-state index in [2.05, 4.69) is 10.1 Å². The summed E-state index contributed by atoms with van der Waals surface area (Å²) in [5.74, 6) is 0.184. The van der Waals surface area contributed by atoms with Crippen LogP contribution in [0.1, 0.15) is 18.4 Å². The molecule has 4 nitrogen and oxygen atoms in total. The van der Waals surface area contributed by atoms with Crippen molar-refractivity contribution < 1.29 is 27.8 Å². The summed E-state index contributed by atoms with van der Waals surface area (Å²) in [4.78, 5) is 0. The lowest BCUT2D eigenvalue weighted by molar-refractivity contribution is -0.153. The minimum atomic E-state index is -4.33. The first-order valence-corrected chi connectivity index (χ1v) is 7.16. The topological polar surface area (TPSA) is 50.7 Å². The molecule has 0 atom stereocenters. The summed E-state index contributed by atoms with van der Waals surface area (Å²) >= 11 is 0. The van der Waals surface area contributed by atoms with Crippen LogP contribution < -0.4 is 10.1 Å². The number of benzene rings is 1. The Bertz CT molecular complexity index is 456. The van der Waals surface area contributed by atoms with Gasteiger partial charge in [0.2, 0.25) is 0 Å². The largest absolute Gasteiger partial charge is 0.484 e. The normalized spacial score (nSPS) is 18.2. The summed E-state index contributed by atoms with van der Waals surface area (Å²) in [6, 6.07) is 6.41. The van der Waals surface area contributed by atoms with E-state index < -0.39 is 18.4 Å². The molecule has 2 N–H and O–H groups in total. The van der Waals surface area contributed by atoms with Crippen LogP contribution in [0.5, 0.6) is 5.75 Å². The van der Waals surface area contributed by atoms with E-state index in [1.165, 1.54) is 12.1 Å². The van der Waals surface area contributed by atoms with Crippen molar-refractivity contribution in [2.24, 2.45) is 0 Å². The number of alkyl halides is 3. The molecule has 0 bridgehead atoms. The monoisotopic (exact) mass is 319 g/mol. The third-order valence-corrected chi connectivity index (χ3v) is 3.53. The molecule has 2 rings (SSSR count). The average Bonchev–Trinajstić information content (AvgIpc) is 2.46. The highest BCUT2D eigenvalue weighted by atomic mass is 19.4. The second-order valence-electron chi connectivity index (χ2n) is 5.49. The third kappa shape index (κ3) is 5.82. The highest BCUT2D eigenvalue weighted by Crippen LogP contribution is 2.20. The fraction of sp³-hybridized carbons (Fsp3) is 0.600. The Hall–Kier alpha value is -1.31. The second kappa shape index (κ2) is 7.30. The highest BCUT2D eigenvalue weighted by Gasteiger charge is 2.29. The third-order valence-electron chi connectivity index (χ3n) is 3.53. The second-order valence-corrected chi connectivity index (χ2v) is 5.49. The molecule has 1 aromatic rings. The van der Waals surface area contributed by atoms with E-state index in [1.807, 2.05) is 0 Å². The Morgan fingerprint density at radius 1 is 1.18 bits per heavy atom. The molecule has 0 saturated carbocycles. The number of hydrogen-bond donors (Lipinski definition) is 2. The van der Waals surface area contributed by atoms with Crippen LogP contribution in [0.4, 0.5) is 13.2 Å². The predicted molar refractivity (Wildman–Crippen MR) is 74.7 cm³/mol. The van der Waals surface area contributed by atoms with Crippen molar-refractivity contribution in [1.29, 1.82) is 0 Å². The molecule has 7 heteroatoms. The van der Waals surface area contributed by atoms with Gasteiger partial charge in [-0.1, -0.05) is 12.1 Å². The molecule has 1 fully saturated rings. The molecule has 0 radical (unpaired) electrons. The molecule has 0 aliphatic carbocycles. The van der Waals surface area contributed by atoms with E-state index >= 15 is 0 Å². The molecule has 0 spiro atoms. The Morgan fingerprint density at radius 2 is 1.82 bits per heavy atom. The van der Waals surface area contributed by atoms with Crippen LogP contribution in [0, 0.1) is 0 Å². The zero-order valence-corrected chi connectivity index (χ0v) is 12.2. The standard InChI is InChI=1S/C15H20F3NO3/c16-15(17,18)11-22-13-3-1-12(2-4-13)9-19-10-14(20)5-7-21-8-6-14/h1-4,19-20H,5-11H2. The summed E-state index contributed by atoms with van der Waals surface area (Å²) in [5, 5.41) is 13.4. The maximum Gasteiger partial charge on any atom is 0.422 e. The highest BCUT2D eigenvalue weighted by molar-refractivity contribution is 5.27. The zero-order valence-electron chi connectivity index (χ0n) is 12.2. The Kier molecular flexibility index (Phi) is 5.66. The fourth-order valence-corrected chi connectivity index (χ4v) is 2.24. The maximum absolute atomic E-state index is 12.0. The molecule has 0 aromatic heterocycles. The van der Waals surface area contributed by atoms with Gasteiger partial charge in [-0.2, -0.15) is 13.2 Å². The molecular weight excluding hydrogens is 299 g/mol. The molecule has 1 aliphatic heterocycles. The summed E-state index contributed by atoms with van der Waals surface area (Å²) < 4.78 is 45.9. The van der Waals surface area contributed by atoms with Gasteiger partial charge in [-0.15, -0.1) is 0 Å². The van der Waals surface area contributed by atoms with E-state index in [9.17, 15) is 18.3 Å². The fourth-order valence-electron chi connectivity index (χ4n) is 2.24. The van der Waals surface area contributed by atoms with Gasteiger partial charge in [0.1, 0.15) is 5.75 Å². The minimum absolute atomic E-state index is 0.184. The average molecular weight is 319 g/mol. The summed E-state index contributed by atoms with van der Waals surface area (Å²) in [5.41, 5.74) is 0.170. The van der Waals surface area contributed by atoms with Gasteiger partial charge in [-0.3, -0.25) is 0 Å². The van der Waals surface area contributed by atoms with Gasteiger partial charge in [0, 0.05) is 39.1 Å². The van der Waals surface area contributed by atoms with Crippen molar-refractivity contribution in [3.8, 4) is 5.75 Å². The lowest BCUT2D eigenvalue weighted by Gasteiger charge is -2.32. The Morgan fingerprint density at radius 3 is 2.41 bits per heavy atom. The Labute approximate surface area is 127 Å². The van der Waals surface area contributed by atoms with Crippen LogP contribution in [-0.4, -0.2) is 43.2 Å². The van der Waals surface area contributed by atoms with Crippen LogP contribution in [-0.2, 0) is 11.3 Å². The summed E-state index contributed by atoms with van der Waals surface area (Å²) in [6.07, 6.45) is -3.13. The van der Waals surface area contributed by atoms with Gasteiger partial charge >= 0.3 is 6.18 Å². The van der Waals surface area contributed by atoms with E-state index in [4.69, 9.17) is 4.74 Å². The van der Waals surface area contributed by atoms with Crippen molar-refractivity contribution >= 4 is 0 Å². The van der Waals surface area contributed by atoms with Crippen molar-refractivity contribution in [3.63, 3.8) is 0 Å². The van der Waals surface area contributed by atoms with Gasteiger partial charge in [0.25, 0.3) is 0 Å². The summed E-state index contributed by atoms with van der Waals surface area (Å²) in [6.45, 7) is 0.817. The van der Waals surface area contributed by atoms with E-state index in [1.54, 1.807) is 12.1 Å². The van der Waals surface area contributed by atoms with Crippen LogP contribution >= 0.6 is 0 Å². The Balaban J connectivity index is 1.74. The molecule has 0 unspecified atom stereocenters. The SMILES string of the molecule is OC1(CNCc2ccc(OCC(F)(F)F)cc2)CCOCC1. The molecule has 1 aliphatic rings. The quantitative estimate of drug-likeness (QED) is 0.844. The number of hydrogen-bond acceptors (Lipinski definition) is 4. The minimum Gasteiger partial charge on any atom is -0.484 e. The van der Waals surface area contributed by atoms with Crippen LogP contribution in [0.3, 0.4) is 0 Å². The number of nitrogens with one attached hydrogen (secondary N) is 1. The molecular formula is C15H20F3NO3. The van der Waals surface area contributed by atoms with Gasteiger partial charge in [-0.05, 0) is 17.7 Å². The van der Waals surface area contributed by atoms with Gasteiger partial charge < -0.3 is 19.9 Å². The maximum atomic E-state index is 12.0. The lowest BCUT2D eigenvalue weighted by atomic mass is 9.94. The van der Waals surface area contributed by atoms with Crippen molar-refractivity contribution in [3.05, 3.63) is 29.8 Å². The van der Waals surface area contributed by atoms with Crippen molar-refractivity contribution in [1.82, 2.24) is 5.32 Å². The van der Waals surface area contributed by atoms with Gasteiger partial charge in [0.15, 0.2) is 6.61 Å². The lowest BCUT2D eigenvalue weighted by Crippen LogP contribution is -2.44. The van der Waals surface area contributed by atoms with Crippen molar-refractivity contribution in [2.75, 3.05) is 26.4 Å². The van der Waals surface area contributed by atoms with Gasteiger partial charge in [0.05, 0.1) is 5.60 Å².